The summed E-state index contributed by atoms with van der Waals surface area (Å²) in [5, 5.41) is 14.5. The zero-order valence-electron chi connectivity index (χ0n) is 16.5. The second-order valence-corrected chi connectivity index (χ2v) is 7.27. The first kappa shape index (κ1) is 19.5. The minimum absolute atomic E-state index is 0.0855. The van der Waals surface area contributed by atoms with Crippen LogP contribution in [0.15, 0.2) is 58.5 Å². The van der Waals surface area contributed by atoms with Crippen LogP contribution in [0.5, 0.6) is 0 Å². The van der Waals surface area contributed by atoms with Crippen LogP contribution in [0.1, 0.15) is 30.0 Å². The zero-order chi connectivity index (χ0) is 20.9. The van der Waals surface area contributed by atoms with Gasteiger partial charge in [-0.3, -0.25) is 4.99 Å². The molecular weight excluding hydrogens is 378 g/mol. The molecule has 2 heterocycles. The number of amidine groups is 1. The Labute approximate surface area is 175 Å². The van der Waals surface area contributed by atoms with Crippen molar-refractivity contribution in [2.75, 3.05) is 18.4 Å². The Bertz CT molecular complexity index is 1040. The number of benzene rings is 2. The molecule has 30 heavy (non-hydrogen) atoms. The summed E-state index contributed by atoms with van der Waals surface area (Å²) in [6.07, 6.45) is 3.60. The van der Waals surface area contributed by atoms with E-state index in [9.17, 15) is 4.79 Å². The average molecular weight is 401 g/mol. The number of carbonyl (C=O) groups is 1. The average Bonchev–Trinajstić information content (AvgIpc) is 3.19. The van der Waals surface area contributed by atoms with E-state index >= 15 is 0 Å². The molecule has 8 heteroatoms. The Morgan fingerprint density at radius 2 is 2.07 bits per heavy atom. The van der Waals surface area contributed by atoms with Crippen molar-refractivity contribution in [3.05, 3.63) is 59.7 Å². The van der Waals surface area contributed by atoms with E-state index in [-0.39, 0.29) is 18.1 Å². The van der Waals surface area contributed by atoms with Crippen molar-refractivity contribution in [3.63, 3.8) is 0 Å². The fraction of sp³-hybridized carbons (Fsp3) is 0.273. The van der Waals surface area contributed by atoms with Gasteiger partial charge < -0.3 is 21.3 Å². The molecule has 2 aliphatic heterocycles. The monoisotopic (exact) mass is 401 g/mol. The normalized spacial score (nSPS) is 18.8. The van der Waals surface area contributed by atoms with E-state index in [0.717, 1.165) is 30.6 Å². The molecule has 4 rings (SSSR count). The molecule has 2 aliphatic rings. The van der Waals surface area contributed by atoms with Crippen LogP contribution in [0.4, 0.5) is 16.2 Å². The van der Waals surface area contributed by atoms with Crippen LogP contribution in [-0.4, -0.2) is 42.2 Å². The van der Waals surface area contributed by atoms with Gasteiger partial charge in [-0.05, 0) is 37.1 Å². The maximum atomic E-state index is 12.0. The molecule has 0 bridgehead atoms. The van der Waals surface area contributed by atoms with E-state index in [2.05, 4.69) is 37.7 Å². The largest absolute Gasteiger partial charge is 0.385 e. The predicted molar refractivity (Wildman–Crippen MR) is 117 cm³/mol. The van der Waals surface area contributed by atoms with Crippen molar-refractivity contribution in [1.82, 2.24) is 10.2 Å². The second-order valence-electron chi connectivity index (χ2n) is 7.27. The molecule has 0 fully saturated rings. The number of nitrogens with zero attached hydrogens (tertiary/aromatic N) is 4. The number of nitrogens with one attached hydrogen (secondary N) is 2. The predicted octanol–water partition coefficient (Wildman–Crippen LogP) is 2.92. The number of amides is 2. The van der Waals surface area contributed by atoms with Gasteiger partial charge in [0.1, 0.15) is 11.9 Å². The van der Waals surface area contributed by atoms with Crippen LogP contribution in [0.3, 0.4) is 0 Å². The number of hydrogen-bond acceptors (Lipinski definition) is 6. The molecule has 8 nitrogen and oxygen atoms in total. The van der Waals surface area contributed by atoms with Crippen LogP contribution in [0, 0.1) is 11.3 Å². The number of urea groups is 1. The third-order valence-corrected chi connectivity index (χ3v) is 5.22. The standard InChI is InChI=1S/C22H23N7O/c23-13-15-6-5-7-16(12-15)27-22(30)25-10-3-4-11-29-14-26-19-20(29)17-8-1-2-9-18(17)28-21(19)24/h1-2,5-9,12,14,19-20H,3-4,10-11H2,(H2,24,28)(H2,25,27,30). The Morgan fingerprint density at radius 1 is 1.20 bits per heavy atom. The second kappa shape index (κ2) is 8.66. The number of para-hydroxylation sites is 1. The van der Waals surface area contributed by atoms with Crippen molar-refractivity contribution in [2.45, 2.75) is 24.9 Å². The molecule has 0 saturated carbocycles. The van der Waals surface area contributed by atoms with Crippen LogP contribution >= 0.6 is 0 Å². The SMILES string of the molecule is N#Cc1cccc(NC(=O)NCCCCN2C=NC3C(N)=Nc4ccccc4C32)c1. The van der Waals surface area contributed by atoms with E-state index in [4.69, 9.17) is 11.0 Å². The first-order chi connectivity index (χ1) is 14.7. The van der Waals surface area contributed by atoms with Crippen LogP contribution < -0.4 is 16.4 Å². The maximum absolute atomic E-state index is 12.0. The van der Waals surface area contributed by atoms with Crippen molar-refractivity contribution in [2.24, 2.45) is 15.7 Å². The van der Waals surface area contributed by atoms with Gasteiger partial charge in [0.2, 0.25) is 0 Å². The molecule has 2 atom stereocenters. The molecule has 0 radical (unpaired) electrons. The van der Waals surface area contributed by atoms with Gasteiger partial charge in [-0.2, -0.15) is 5.26 Å². The number of aliphatic imine (C=N–C) groups is 2. The topological polar surface area (TPSA) is 119 Å². The molecule has 0 aromatic heterocycles. The molecule has 152 valence electrons. The van der Waals surface area contributed by atoms with Crippen molar-refractivity contribution in [3.8, 4) is 6.07 Å². The van der Waals surface area contributed by atoms with Crippen LogP contribution in [-0.2, 0) is 0 Å². The highest BCUT2D eigenvalue weighted by Crippen LogP contribution is 2.39. The van der Waals surface area contributed by atoms with Gasteiger partial charge in [-0.25, -0.2) is 9.79 Å². The first-order valence-corrected chi connectivity index (χ1v) is 9.93. The quantitative estimate of drug-likeness (QED) is 0.645. The number of nitriles is 1. The minimum atomic E-state index is -0.280. The van der Waals surface area contributed by atoms with Gasteiger partial charge in [0.05, 0.1) is 29.7 Å². The summed E-state index contributed by atoms with van der Waals surface area (Å²) in [4.78, 5) is 23.3. The molecule has 2 aromatic carbocycles. The lowest BCUT2D eigenvalue weighted by molar-refractivity contribution is 0.251. The van der Waals surface area contributed by atoms with Crippen LogP contribution in [0.25, 0.3) is 0 Å². The number of unbranched alkanes of at least 4 members (excludes halogenated alkanes) is 1. The fourth-order valence-corrected chi connectivity index (χ4v) is 3.78. The van der Waals surface area contributed by atoms with Gasteiger partial charge in [0.25, 0.3) is 0 Å². The smallest absolute Gasteiger partial charge is 0.319 e. The highest BCUT2D eigenvalue weighted by atomic mass is 16.2. The number of rotatable bonds is 6. The molecule has 4 N–H and O–H groups in total. The van der Waals surface area contributed by atoms with Gasteiger partial charge in [0.15, 0.2) is 0 Å². The van der Waals surface area contributed by atoms with Crippen molar-refractivity contribution < 1.29 is 4.79 Å². The molecule has 0 aliphatic carbocycles. The fourth-order valence-electron chi connectivity index (χ4n) is 3.78. The summed E-state index contributed by atoms with van der Waals surface area (Å²) >= 11 is 0. The van der Waals surface area contributed by atoms with E-state index in [1.54, 1.807) is 24.3 Å². The number of fused-ring (bicyclic) bond motifs is 3. The summed E-state index contributed by atoms with van der Waals surface area (Å²) in [6.45, 7) is 1.38. The zero-order valence-corrected chi connectivity index (χ0v) is 16.5. The lowest BCUT2D eigenvalue weighted by atomic mass is 9.94. The first-order valence-electron chi connectivity index (χ1n) is 9.93. The maximum Gasteiger partial charge on any atom is 0.319 e. The third kappa shape index (κ3) is 4.10. The molecular formula is C22H23N7O. The number of hydrogen-bond donors (Lipinski definition) is 3. The lowest BCUT2D eigenvalue weighted by Gasteiger charge is -2.31. The van der Waals surface area contributed by atoms with E-state index in [1.165, 1.54) is 0 Å². The van der Waals surface area contributed by atoms with Crippen LogP contribution in [0.2, 0.25) is 0 Å². The number of nitrogens with two attached hydrogens (primary N) is 1. The summed E-state index contributed by atoms with van der Waals surface area (Å²) in [5.74, 6) is 0.552. The Hall–Kier alpha value is -3.86. The third-order valence-electron chi connectivity index (χ3n) is 5.22. The number of anilines is 1. The van der Waals surface area contributed by atoms with Gasteiger partial charge in [-0.15, -0.1) is 0 Å². The van der Waals surface area contributed by atoms with Crippen molar-refractivity contribution in [1.29, 1.82) is 5.26 Å². The summed E-state index contributed by atoms with van der Waals surface area (Å²) < 4.78 is 0. The summed E-state index contributed by atoms with van der Waals surface area (Å²) in [7, 11) is 0. The Morgan fingerprint density at radius 3 is 2.93 bits per heavy atom. The highest BCUT2D eigenvalue weighted by molar-refractivity contribution is 5.94. The summed E-state index contributed by atoms with van der Waals surface area (Å²) in [6, 6.07) is 16.6. The molecule has 0 spiro atoms. The summed E-state index contributed by atoms with van der Waals surface area (Å²) in [5.41, 5.74) is 9.28. The molecule has 2 aromatic rings. The molecule has 2 amide bonds. The highest BCUT2D eigenvalue weighted by Gasteiger charge is 2.38. The lowest BCUT2D eigenvalue weighted by Crippen LogP contribution is -2.39. The van der Waals surface area contributed by atoms with Gasteiger partial charge >= 0.3 is 6.03 Å². The Kier molecular flexibility index (Phi) is 5.61. The van der Waals surface area contributed by atoms with Gasteiger partial charge in [0, 0.05) is 24.3 Å². The van der Waals surface area contributed by atoms with Crippen molar-refractivity contribution >= 4 is 29.6 Å². The van der Waals surface area contributed by atoms with E-state index in [1.807, 2.05) is 24.5 Å². The molecule has 0 saturated heterocycles. The van der Waals surface area contributed by atoms with E-state index in [0.29, 0.717) is 23.6 Å². The number of carbonyl (C=O) groups excluding carboxylic acids is 1. The molecule has 2 unspecified atom stereocenters. The van der Waals surface area contributed by atoms with Gasteiger partial charge in [-0.1, -0.05) is 24.3 Å². The van der Waals surface area contributed by atoms with E-state index < -0.39 is 0 Å². The minimum Gasteiger partial charge on any atom is -0.385 e. The Balaban J connectivity index is 1.24.